The fraction of sp³-hybridized carbons (Fsp3) is 1.00. The van der Waals surface area contributed by atoms with E-state index < -0.39 is 0 Å². The summed E-state index contributed by atoms with van der Waals surface area (Å²) in [5, 5.41) is 3.61. The van der Waals surface area contributed by atoms with Crippen molar-refractivity contribution in [3.63, 3.8) is 0 Å². The highest BCUT2D eigenvalue weighted by atomic mass is 15.0. The van der Waals surface area contributed by atoms with Crippen LogP contribution < -0.4 is 5.32 Å². The molecule has 1 fully saturated rings. The van der Waals surface area contributed by atoms with E-state index in [9.17, 15) is 0 Å². The average Bonchev–Trinajstić information content (AvgIpc) is 2.48. The molecule has 0 spiro atoms. The van der Waals surface area contributed by atoms with Crippen LogP contribution >= 0.6 is 0 Å². The largest absolute Gasteiger partial charge is 0.314 e. The van der Waals surface area contributed by atoms with Gasteiger partial charge in [0.05, 0.1) is 0 Å². The predicted molar refractivity (Wildman–Crippen MR) is 58.8 cm³/mol. The van der Waals surface area contributed by atoms with Crippen LogP contribution in [-0.4, -0.2) is 12.6 Å². The molecule has 0 radical (unpaired) electrons. The van der Waals surface area contributed by atoms with Gasteiger partial charge in [-0.25, -0.2) is 0 Å². The lowest BCUT2D eigenvalue weighted by atomic mass is 9.71. The second kappa shape index (κ2) is 4.00. The first-order valence-corrected chi connectivity index (χ1v) is 5.70. The van der Waals surface area contributed by atoms with Crippen molar-refractivity contribution in [2.45, 2.75) is 53.5 Å². The van der Waals surface area contributed by atoms with Gasteiger partial charge in [0.15, 0.2) is 0 Å². The van der Waals surface area contributed by atoms with Crippen LogP contribution in [0.4, 0.5) is 0 Å². The molecule has 1 aliphatic rings. The average molecular weight is 183 g/mol. The van der Waals surface area contributed by atoms with Crippen molar-refractivity contribution < 1.29 is 0 Å². The summed E-state index contributed by atoms with van der Waals surface area (Å²) < 4.78 is 0. The molecule has 78 valence electrons. The molecule has 3 atom stereocenters. The zero-order valence-electron chi connectivity index (χ0n) is 9.85. The minimum absolute atomic E-state index is 0.462. The Labute approximate surface area is 83.3 Å². The fourth-order valence-corrected chi connectivity index (χ4v) is 2.48. The van der Waals surface area contributed by atoms with Crippen LogP contribution in [0.5, 0.6) is 0 Å². The molecule has 1 aliphatic heterocycles. The van der Waals surface area contributed by atoms with Gasteiger partial charge in [-0.2, -0.15) is 0 Å². The van der Waals surface area contributed by atoms with Crippen LogP contribution in [0.2, 0.25) is 0 Å². The van der Waals surface area contributed by atoms with Gasteiger partial charge in [0.2, 0.25) is 0 Å². The summed E-state index contributed by atoms with van der Waals surface area (Å²) in [4.78, 5) is 0. The molecule has 1 rings (SSSR count). The third-order valence-corrected chi connectivity index (χ3v) is 3.85. The predicted octanol–water partition coefficient (Wildman–Crippen LogP) is 3.06. The molecule has 0 aromatic heterocycles. The number of nitrogens with one attached hydrogen (secondary N) is 1. The third kappa shape index (κ3) is 2.46. The van der Waals surface area contributed by atoms with E-state index in [2.05, 4.69) is 39.9 Å². The van der Waals surface area contributed by atoms with E-state index in [0.29, 0.717) is 5.41 Å². The van der Waals surface area contributed by atoms with Gasteiger partial charge in [0.25, 0.3) is 0 Å². The molecule has 0 saturated carbocycles. The molecule has 0 aliphatic carbocycles. The maximum Gasteiger partial charge on any atom is 0.00959 e. The van der Waals surface area contributed by atoms with Crippen LogP contribution in [0.1, 0.15) is 47.5 Å². The fourth-order valence-electron chi connectivity index (χ4n) is 2.48. The molecule has 13 heavy (non-hydrogen) atoms. The van der Waals surface area contributed by atoms with E-state index in [-0.39, 0.29) is 0 Å². The minimum atomic E-state index is 0.462. The van der Waals surface area contributed by atoms with Crippen LogP contribution in [0.3, 0.4) is 0 Å². The molecule has 1 heterocycles. The van der Waals surface area contributed by atoms with Gasteiger partial charge >= 0.3 is 0 Å². The molecule has 0 aromatic carbocycles. The monoisotopic (exact) mass is 183 g/mol. The lowest BCUT2D eigenvalue weighted by Crippen LogP contribution is -2.34. The van der Waals surface area contributed by atoms with Crippen molar-refractivity contribution in [1.82, 2.24) is 5.32 Å². The first-order valence-electron chi connectivity index (χ1n) is 5.70. The first-order chi connectivity index (χ1) is 5.96. The van der Waals surface area contributed by atoms with Gasteiger partial charge in [-0.1, -0.05) is 34.6 Å². The molecule has 0 amide bonds. The van der Waals surface area contributed by atoms with Crippen molar-refractivity contribution in [1.29, 1.82) is 0 Å². The van der Waals surface area contributed by atoms with E-state index in [1.54, 1.807) is 0 Å². The topological polar surface area (TPSA) is 12.0 Å². The zero-order chi connectivity index (χ0) is 10.1. The van der Waals surface area contributed by atoms with Gasteiger partial charge < -0.3 is 5.32 Å². The van der Waals surface area contributed by atoms with E-state index in [0.717, 1.165) is 17.9 Å². The van der Waals surface area contributed by atoms with Crippen LogP contribution in [0.15, 0.2) is 0 Å². The molecule has 0 aromatic rings. The van der Waals surface area contributed by atoms with Crippen molar-refractivity contribution in [3.05, 3.63) is 0 Å². The Hall–Kier alpha value is -0.0400. The summed E-state index contributed by atoms with van der Waals surface area (Å²) in [5.41, 5.74) is 0.462. The third-order valence-electron chi connectivity index (χ3n) is 3.85. The van der Waals surface area contributed by atoms with Crippen LogP contribution in [-0.2, 0) is 0 Å². The molecular weight excluding hydrogens is 158 g/mol. The summed E-state index contributed by atoms with van der Waals surface area (Å²) in [5.74, 6) is 1.72. The van der Waals surface area contributed by atoms with E-state index in [1.165, 1.54) is 19.4 Å². The van der Waals surface area contributed by atoms with E-state index >= 15 is 0 Å². The highest BCUT2D eigenvalue weighted by Crippen LogP contribution is 2.37. The summed E-state index contributed by atoms with van der Waals surface area (Å²) >= 11 is 0. The lowest BCUT2D eigenvalue weighted by Gasteiger charge is -2.35. The lowest BCUT2D eigenvalue weighted by molar-refractivity contribution is 0.162. The summed E-state index contributed by atoms with van der Waals surface area (Å²) in [6, 6.07) is 0.772. The Morgan fingerprint density at radius 3 is 2.46 bits per heavy atom. The van der Waals surface area contributed by atoms with Gasteiger partial charge in [-0.05, 0) is 36.6 Å². The Bertz CT molecular complexity index is 157. The van der Waals surface area contributed by atoms with Crippen LogP contribution in [0, 0.1) is 17.3 Å². The van der Waals surface area contributed by atoms with Crippen LogP contribution in [0.25, 0.3) is 0 Å². The second-order valence-electron chi connectivity index (χ2n) is 5.58. The minimum Gasteiger partial charge on any atom is -0.314 e. The zero-order valence-corrected chi connectivity index (χ0v) is 9.85. The summed E-state index contributed by atoms with van der Waals surface area (Å²) in [6.45, 7) is 13.0. The highest BCUT2D eigenvalue weighted by Gasteiger charge is 2.35. The van der Waals surface area contributed by atoms with Gasteiger partial charge in [0, 0.05) is 6.04 Å². The molecule has 0 bridgehead atoms. The SMILES string of the molecule is CCC1NCCC1C(C)C(C)(C)C. The number of hydrogen-bond acceptors (Lipinski definition) is 1. The Kier molecular flexibility index (Phi) is 3.39. The Morgan fingerprint density at radius 1 is 1.38 bits per heavy atom. The van der Waals surface area contributed by atoms with Gasteiger partial charge in [0.1, 0.15) is 0 Å². The normalized spacial score (nSPS) is 32.1. The van der Waals surface area contributed by atoms with E-state index in [4.69, 9.17) is 0 Å². The second-order valence-corrected chi connectivity index (χ2v) is 5.58. The molecule has 1 nitrogen and oxygen atoms in total. The summed E-state index contributed by atoms with van der Waals surface area (Å²) in [6.07, 6.45) is 2.65. The molecule has 1 heteroatoms. The standard InChI is InChI=1S/C12H25N/c1-6-11-10(7-8-13-11)9(2)12(3,4)5/h9-11,13H,6-8H2,1-5H3. The van der Waals surface area contributed by atoms with Gasteiger partial charge in [-0.15, -0.1) is 0 Å². The molecule has 1 N–H and O–H groups in total. The molecular formula is C12H25N. The van der Waals surface area contributed by atoms with Crippen molar-refractivity contribution in [2.24, 2.45) is 17.3 Å². The quantitative estimate of drug-likeness (QED) is 0.694. The highest BCUT2D eigenvalue weighted by molar-refractivity contribution is 4.89. The Balaban J connectivity index is 2.60. The van der Waals surface area contributed by atoms with Crippen molar-refractivity contribution in [3.8, 4) is 0 Å². The van der Waals surface area contributed by atoms with Gasteiger partial charge in [-0.3, -0.25) is 0 Å². The first kappa shape index (κ1) is 11.0. The molecule has 3 unspecified atom stereocenters. The smallest absolute Gasteiger partial charge is 0.00959 e. The maximum absolute atomic E-state index is 3.61. The Morgan fingerprint density at radius 2 is 2.00 bits per heavy atom. The summed E-state index contributed by atoms with van der Waals surface area (Å²) in [7, 11) is 0. The molecule has 1 saturated heterocycles. The van der Waals surface area contributed by atoms with Crippen molar-refractivity contribution in [2.75, 3.05) is 6.54 Å². The van der Waals surface area contributed by atoms with E-state index in [1.807, 2.05) is 0 Å². The van der Waals surface area contributed by atoms with Crippen molar-refractivity contribution >= 4 is 0 Å². The maximum atomic E-state index is 3.61. The number of hydrogen-bond donors (Lipinski definition) is 1. The number of rotatable bonds is 2.